The predicted molar refractivity (Wildman–Crippen MR) is 99.4 cm³/mol. The molecule has 4 heterocycles. The van der Waals surface area contributed by atoms with Crippen LogP contribution in [0, 0.1) is 11.6 Å². The van der Waals surface area contributed by atoms with E-state index in [2.05, 4.69) is 10.4 Å². The second-order valence-corrected chi connectivity index (χ2v) is 6.98. The first-order chi connectivity index (χ1) is 13.6. The summed E-state index contributed by atoms with van der Waals surface area (Å²) in [7, 11) is 0. The van der Waals surface area contributed by atoms with Gasteiger partial charge in [0.1, 0.15) is 23.1 Å². The largest absolute Gasteiger partial charge is 0.349 e. The molecule has 2 amide bonds. The Labute approximate surface area is 159 Å². The number of nitrogens with one attached hydrogen (secondary N) is 1. The molecule has 1 N–H and O–H groups in total. The molecule has 28 heavy (non-hydrogen) atoms. The van der Waals surface area contributed by atoms with Crippen LogP contribution in [0.3, 0.4) is 0 Å². The number of amides is 2. The first-order valence-electron chi connectivity index (χ1n) is 9.23. The van der Waals surface area contributed by atoms with E-state index in [-0.39, 0.29) is 12.1 Å². The summed E-state index contributed by atoms with van der Waals surface area (Å²) >= 11 is 0. The molecule has 2 aromatic heterocycles. The molecule has 0 aliphatic carbocycles. The van der Waals surface area contributed by atoms with Gasteiger partial charge < -0.3 is 10.2 Å². The van der Waals surface area contributed by atoms with Crippen molar-refractivity contribution in [3.63, 3.8) is 0 Å². The Balaban J connectivity index is 1.55. The van der Waals surface area contributed by atoms with E-state index in [1.54, 1.807) is 21.8 Å². The molecule has 7 nitrogen and oxygen atoms in total. The van der Waals surface area contributed by atoms with Crippen molar-refractivity contribution in [3.05, 3.63) is 53.9 Å². The molecule has 1 unspecified atom stereocenters. The molecule has 0 spiro atoms. The van der Waals surface area contributed by atoms with E-state index in [0.717, 1.165) is 12.5 Å². The van der Waals surface area contributed by atoms with Crippen LogP contribution in [-0.2, 0) is 0 Å². The third-order valence-electron chi connectivity index (χ3n) is 5.35. The highest BCUT2D eigenvalue weighted by Gasteiger charge is 2.31. The molecular formula is C19H18F2N6O. The second-order valence-electron chi connectivity index (χ2n) is 6.98. The number of hydrogen-bond acceptors (Lipinski definition) is 4. The normalized spacial score (nSPS) is 19.6. The molecule has 9 heteroatoms. The Morgan fingerprint density at radius 3 is 2.89 bits per heavy atom. The SMILES string of the molecule is O=C1NCCN1c1cnn2ccc(N3CCCC3c3cc(F)ccc3F)nc12. The average Bonchev–Trinajstić information content (AvgIpc) is 3.42. The number of rotatable bonds is 3. The Kier molecular flexibility index (Phi) is 3.88. The topological polar surface area (TPSA) is 65.8 Å². The summed E-state index contributed by atoms with van der Waals surface area (Å²) in [6, 6.07) is 4.90. The van der Waals surface area contributed by atoms with Gasteiger partial charge in [0.05, 0.1) is 12.2 Å². The van der Waals surface area contributed by atoms with Gasteiger partial charge in [-0.05, 0) is 37.1 Å². The van der Waals surface area contributed by atoms with Gasteiger partial charge in [-0.1, -0.05) is 0 Å². The molecule has 0 radical (unpaired) electrons. The van der Waals surface area contributed by atoms with Crippen molar-refractivity contribution in [1.82, 2.24) is 19.9 Å². The lowest BCUT2D eigenvalue weighted by atomic mass is 10.0. The van der Waals surface area contributed by atoms with Crippen LogP contribution < -0.4 is 15.1 Å². The number of carbonyl (C=O) groups excluding carboxylic acids is 1. The van der Waals surface area contributed by atoms with E-state index >= 15 is 0 Å². The van der Waals surface area contributed by atoms with E-state index in [9.17, 15) is 13.6 Å². The maximum Gasteiger partial charge on any atom is 0.322 e. The maximum atomic E-state index is 14.3. The summed E-state index contributed by atoms with van der Waals surface area (Å²) in [5.74, 6) is -0.219. The minimum atomic E-state index is -0.454. The number of carbonyl (C=O) groups is 1. The molecule has 1 atom stereocenters. The van der Waals surface area contributed by atoms with Crippen LogP contribution in [0.1, 0.15) is 24.4 Å². The standard InChI is InChI=1S/C19H18F2N6O/c20-12-3-4-14(21)13(10-12)15-2-1-7-25(15)17-5-8-27-18(24-17)16(11-23-27)26-9-6-22-19(26)28/h3-5,8,10-11,15H,1-2,6-7,9H2,(H,22,28). The zero-order chi connectivity index (χ0) is 19.3. The number of hydrogen-bond donors (Lipinski definition) is 1. The van der Waals surface area contributed by atoms with E-state index in [1.165, 1.54) is 12.1 Å². The van der Waals surface area contributed by atoms with Crippen molar-refractivity contribution >= 4 is 23.2 Å². The zero-order valence-corrected chi connectivity index (χ0v) is 15.0. The predicted octanol–water partition coefficient (Wildman–Crippen LogP) is 2.88. The van der Waals surface area contributed by atoms with Crippen LogP contribution in [-0.4, -0.2) is 40.3 Å². The molecule has 1 aromatic carbocycles. The molecule has 144 valence electrons. The lowest BCUT2D eigenvalue weighted by Crippen LogP contribution is -2.28. The van der Waals surface area contributed by atoms with E-state index in [0.29, 0.717) is 48.8 Å². The molecule has 2 aliphatic heterocycles. The molecular weight excluding hydrogens is 366 g/mol. The highest BCUT2D eigenvalue weighted by molar-refractivity contribution is 5.97. The molecule has 0 saturated carbocycles. The molecule has 0 bridgehead atoms. The monoisotopic (exact) mass is 384 g/mol. The van der Waals surface area contributed by atoms with Crippen molar-refractivity contribution < 1.29 is 13.6 Å². The fraction of sp³-hybridized carbons (Fsp3) is 0.316. The van der Waals surface area contributed by atoms with Gasteiger partial charge in [-0.2, -0.15) is 5.10 Å². The molecule has 5 rings (SSSR count). The van der Waals surface area contributed by atoms with Gasteiger partial charge in [-0.25, -0.2) is 23.1 Å². The van der Waals surface area contributed by atoms with Gasteiger partial charge >= 0.3 is 6.03 Å². The summed E-state index contributed by atoms with van der Waals surface area (Å²) < 4.78 is 29.7. The molecule has 3 aromatic rings. The number of benzene rings is 1. The lowest BCUT2D eigenvalue weighted by molar-refractivity contribution is 0.252. The number of anilines is 2. The summed E-state index contributed by atoms with van der Waals surface area (Å²) in [4.78, 5) is 20.3. The smallest absolute Gasteiger partial charge is 0.322 e. The van der Waals surface area contributed by atoms with Crippen molar-refractivity contribution in [3.8, 4) is 0 Å². The quantitative estimate of drug-likeness (QED) is 0.754. The van der Waals surface area contributed by atoms with Crippen molar-refractivity contribution in [2.75, 3.05) is 29.4 Å². The Hall–Kier alpha value is -3.23. The lowest BCUT2D eigenvalue weighted by Gasteiger charge is -2.26. The first-order valence-corrected chi connectivity index (χ1v) is 9.23. The third kappa shape index (κ3) is 2.65. The van der Waals surface area contributed by atoms with Gasteiger partial charge in [0.2, 0.25) is 0 Å². The number of halogens is 2. The van der Waals surface area contributed by atoms with Crippen LogP contribution in [0.2, 0.25) is 0 Å². The summed E-state index contributed by atoms with van der Waals surface area (Å²) in [6.45, 7) is 1.81. The van der Waals surface area contributed by atoms with Crippen LogP contribution in [0.4, 0.5) is 25.1 Å². The zero-order valence-electron chi connectivity index (χ0n) is 15.0. The second kappa shape index (κ2) is 6.43. The summed E-state index contributed by atoms with van der Waals surface area (Å²) in [5, 5.41) is 7.04. The number of nitrogens with zero attached hydrogens (tertiary/aromatic N) is 5. The highest BCUT2D eigenvalue weighted by atomic mass is 19.1. The fourth-order valence-corrected chi connectivity index (χ4v) is 4.03. The molecule has 2 saturated heterocycles. The van der Waals surface area contributed by atoms with Crippen LogP contribution in [0.15, 0.2) is 36.7 Å². The summed E-state index contributed by atoms with van der Waals surface area (Å²) in [6.07, 6.45) is 4.96. The van der Waals surface area contributed by atoms with Gasteiger partial charge in [-0.3, -0.25) is 4.90 Å². The molecule has 2 aliphatic rings. The van der Waals surface area contributed by atoms with Crippen molar-refractivity contribution in [2.45, 2.75) is 18.9 Å². The minimum absolute atomic E-state index is 0.178. The van der Waals surface area contributed by atoms with E-state index in [1.807, 2.05) is 11.0 Å². The molecule has 2 fully saturated rings. The van der Waals surface area contributed by atoms with E-state index in [4.69, 9.17) is 4.98 Å². The fourth-order valence-electron chi connectivity index (χ4n) is 4.03. The van der Waals surface area contributed by atoms with E-state index < -0.39 is 11.6 Å². The Morgan fingerprint density at radius 1 is 1.18 bits per heavy atom. The van der Waals surface area contributed by atoms with Gasteiger partial charge in [0.15, 0.2) is 5.65 Å². The van der Waals surface area contributed by atoms with Crippen LogP contribution in [0.25, 0.3) is 5.65 Å². The van der Waals surface area contributed by atoms with Crippen molar-refractivity contribution in [2.24, 2.45) is 0 Å². The number of urea groups is 1. The first kappa shape index (κ1) is 16.9. The maximum absolute atomic E-state index is 14.3. The average molecular weight is 384 g/mol. The number of aromatic nitrogens is 3. The summed E-state index contributed by atoms with van der Waals surface area (Å²) in [5.41, 5.74) is 1.52. The van der Waals surface area contributed by atoms with Gasteiger partial charge in [0, 0.05) is 31.4 Å². The highest BCUT2D eigenvalue weighted by Crippen LogP contribution is 2.37. The Morgan fingerprint density at radius 2 is 2.07 bits per heavy atom. The van der Waals surface area contributed by atoms with Gasteiger partial charge in [-0.15, -0.1) is 0 Å². The van der Waals surface area contributed by atoms with Gasteiger partial charge in [0.25, 0.3) is 0 Å². The third-order valence-corrected chi connectivity index (χ3v) is 5.35. The Bertz CT molecular complexity index is 1070. The van der Waals surface area contributed by atoms with Crippen molar-refractivity contribution in [1.29, 1.82) is 0 Å². The minimum Gasteiger partial charge on any atom is -0.349 e. The van der Waals surface area contributed by atoms with Crippen LogP contribution >= 0.6 is 0 Å². The number of fused-ring (bicyclic) bond motifs is 1. The van der Waals surface area contributed by atoms with Crippen LogP contribution in [0.5, 0.6) is 0 Å².